The summed E-state index contributed by atoms with van der Waals surface area (Å²) >= 11 is 0. The van der Waals surface area contributed by atoms with Gasteiger partial charge in [-0.2, -0.15) is 4.98 Å². The average Bonchev–Trinajstić information content (AvgIpc) is 3.19. The van der Waals surface area contributed by atoms with E-state index in [2.05, 4.69) is 15.5 Å². The van der Waals surface area contributed by atoms with E-state index in [0.717, 1.165) is 31.0 Å². The van der Waals surface area contributed by atoms with E-state index < -0.39 is 17.7 Å². The Bertz CT molecular complexity index is 831. The van der Waals surface area contributed by atoms with Gasteiger partial charge in [-0.15, -0.1) is 0 Å². The van der Waals surface area contributed by atoms with Gasteiger partial charge in [0.05, 0.1) is 5.92 Å². The van der Waals surface area contributed by atoms with Gasteiger partial charge in [0.2, 0.25) is 5.89 Å². The van der Waals surface area contributed by atoms with E-state index in [0.29, 0.717) is 38.0 Å². The van der Waals surface area contributed by atoms with E-state index >= 15 is 0 Å². The maximum Gasteiger partial charge on any atom is 0.321 e. The Labute approximate surface area is 154 Å². The van der Waals surface area contributed by atoms with Crippen LogP contribution in [0.3, 0.4) is 0 Å². The Balaban J connectivity index is 1.56. The highest BCUT2D eigenvalue weighted by Gasteiger charge is 2.51. The molecule has 7 nitrogen and oxygen atoms in total. The van der Waals surface area contributed by atoms with Gasteiger partial charge in [0.25, 0.3) is 0 Å². The van der Waals surface area contributed by atoms with Crippen molar-refractivity contribution in [3.63, 3.8) is 0 Å². The van der Waals surface area contributed by atoms with Crippen molar-refractivity contribution < 1.29 is 22.8 Å². The van der Waals surface area contributed by atoms with Gasteiger partial charge >= 0.3 is 6.03 Å². The smallest absolute Gasteiger partial charge is 0.321 e. The molecule has 27 heavy (non-hydrogen) atoms. The first kappa shape index (κ1) is 17.8. The Morgan fingerprint density at radius 2 is 1.96 bits per heavy atom. The molecule has 4 rings (SSSR count). The van der Waals surface area contributed by atoms with Gasteiger partial charge in [0.15, 0.2) is 5.82 Å². The molecule has 0 radical (unpaired) electrons. The summed E-state index contributed by atoms with van der Waals surface area (Å²) in [4.78, 5) is 18.7. The highest BCUT2D eigenvalue weighted by molar-refractivity contribution is 5.89. The minimum atomic E-state index is -0.744. The number of benzene rings is 1. The lowest BCUT2D eigenvalue weighted by Crippen LogP contribution is -2.38. The molecule has 2 amide bonds. The van der Waals surface area contributed by atoms with E-state index in [4.69, 9.17) is 9.26 Å². The number of hydrogen-bond acceptors (Lipinski definition) is 5. The fourth-order valence-electron chi connectivity index (χ4n) is 4.03. The number of ether oxygens (including phenoxy) is 1. The predicted octanol–water partition coefficient (Wildman–Crippen LogP) is 3.08. The number of rotatable bonds is 2. The number of amides is 2. The molecule has 0 saturated carbocycles. The van der Waals surface area contributed by atoms with Crippen LogP contribution in [0.4, 0.5) is 19.3 Å². The molecule has 1 spiro atoms. The molecule has 1 aromatic carbocycles. The second-order valence-electron chi connectivity index (χ2n) is 7.18. The number of carbonyl (C=O) groups is 1. The molecule has 2 saturated heterocycles. The van der Waals surface area contributed by atoms with Crippen molar-refractivity contribution >= 4 is 11.7 Å². The minimum absolute atomic E-state index is 0.0793. The van der Waals surface area contributed by atoms with E-state index in [1.807, 2.05) is 0 Å². The molecule has 1 aromatic heterocycles. The van der Waals surface area contributed by atoms with Crippen LogP contribution >= 0.6 is 0 Å². The Kier molecular flexibility index (Phi) is 4.55. The van der Waals surface area contributed by atoms with Crippen LogP contribution in [-0.4, -0.2) is 47.4 Å². The second kappa shape index (κ2) is 6.88. The number of hydrogen-bond donors (Lipinski definition) is 1. The summed E-state index contributed by atoms with van der Waals surface area (Å²) in [6.07, 6.45) is 1.55. The van der Waals surface area contributed by atoms with Crippen LogP contribution in [0.5, 0.6) is 0 Å². The quantitative estimate of drug-likeness (QED) is 0.869. The zero-order valence-electron chi connectivity index (χ0n) is 14.9. The number of likely N-dealkylation sites (tertiary alicyclic amines) is 1. The van der Waals surface area contributed by atoms with Crippen LogP contribution < -0.4 is 5.32 Å². The number of halogens is 2. The van der Waals surface area contributed by atoms with Crippen LogP contribution in [0.15, 0.2) is 22.7 Å². The number of aromatic nitrogens is 2. The van der Waals surface area contributed by atoms with Crippen molar-refractivity contribution in [2.45, 2.75) is 25.7 Å². The van der Waals surface area contributed by atoms with E-state index in [1.54, 1.807) is 11.8 Å². The van der Waals surface area contributed by atoms with Crippen molar-refractivity contribution in [1.82, 2.24) is 15.0 Å². The second-order valence-corrected chi connectivity index (χ2v) is 7.18. The molecule has 2 fully saturated rings. The summed E-state index contributed by atoms with van der Waals surface area (Å²) < 4.78 is 37.6. The number of carbonyl (C=O) groups excluding carboxylic acids is 1. The molecule has 3 heterocycles. The molecule has 0 unspecified atom stereocenters. The fourth-order valence-corrected chi connectivity index (χ4v) is 4.03. The molecule has 2 aliphatic heterocycles. The molecule has 2 aromatic rings. The number of urea groups is 1. The van der Waals surface area contributed by atoms with Crippen LogP contribution in [0, 0.1) is 24.0 Å². The molecule has 1 N–H and O–H groups in total. The molecule has 9 heteroatoms. The third-order valence-electron chi connectivity index (χ3n) is 5.38. The number of nitrogens with one attached hydrogen (secondary N) is 1. The highest BCUT2D eigenvalue weighted by atomic mass is 19.1. The topological polar surface area (TPSA) is 80.5 Å². The summed E-state index contributed by atoms with van der Waals surface area (Å²) in [5.74, 6) is -0.525. The lowest BCUT2D eigenvalue weighted by Gasteiger charge is -2.36. The predicted molar refractivity (Wildman–Crippen MR) is 91.2 cm³/mol. The summed E-state index contributed by atoms with van der Waals surface area (Å²) in [7, 11) is 0. The summed E-state index contributed by atoms with van der Waals surface area (Å²) in [6, 6.07) is 2.51. The normalized spacial score (nSPS) is 21.6. The molecular formula is C18H20F2N4O3. The van der Waals surface area contributed by atoms with Gasteiger partial charge in [-0.05, 0) is 31.9 Å². The van der Waals surface area contributed by atoms with Crippen molar-refractivity contribution in [3.8, 4) is 0 Å². The highest BCUT2D eigenvalue weighted by Crippen LogP contribution is 2.49. The Hall–Kier alpha value is -2.55. The first-order chi connectivity index (χ1) is 12.9. The molecule has 144 valence electrons. The number of anilines is 1. The minimum Gasteiger partial charge on any atom is -0.381 e. The molecule has 0 aliphatic carbocycles. The Morgan fingerprint density at radius 3 is 2.59 bits per heavy atom. The maximum absolute atomic E-state index is 13.4. The van der Waals surface area contributed by atoms with Crippen molar-refractivity contribution in [2.24, 2.45) is 5.41 Å². The van der Waals surface area contributed by atoms with Gasteiger partial charge in [-0.1, -0.05) is 5.16 Å². The van der Waals surface area contributed by atoms with Gasteiger partial charge in [0.1, 0.15) is 11.6 Å². The van der Waals surface area contributed by atoms with E-state index in [9.17, 15) is 13.6 Å². The summed E-state index contributed by atoms with van der Waals surface area (Å²) in [5, 5.41) is 6.45. The third kappa shape index (κ3) is 3.51. The van der Waals surface area contributed by atoms with Gasteiger partial charge < -0.3 is 19.5 Å². The lowest BCUT2D eigenvalue weighted by molar-refractivity contribution is 0.00959. The SMILES string of the molecule is Cc1noc([C@@H]2CN(C(=O)Nc3cc(F)cc(F)c3)CC23CCOCC3)n1. The van der Waals surface area contributed by atoms with E-state index in [-0.39, 0.29) is 17.0 Å². The largest absolute Gasteiger partial charge is 0.381 e. The van der Waals surface area contributed by atoms with Crippen molar-refractivity contribution in [1.29, 1.82) is 0 Å². The van der Waals surface area contributed by atoms with Crippen molar-refractivity contribution in [2.75, 3.05) is 31.6 Å². The maximum atomic E-state index is 13.4. The van der Waals surface area contributed by atoms with E-state index in [1.165, 1.54) is 0 Å². The van der Waals surface area contributed by atoms with Crippen molar-refractivity contribution in [3.05, 3.63) is 41.5 Å². The summed E-state index contributed by atoms with van der Waals surface area (Å²) in [5.41, 5.74) is -0.127. The molecule has 1 atom stereocenters. The zero-order valence-corrected chi connectivity index (χ0v) is 14.9. The van der Waals surface area contributed by atoms with Crippen LogP contribution in [0.25, 0.3) is 0 Å². The summed E-state index contributed by atoms with van der Waals surface area (Å²) in [6.45, 7) is 3.85. The zero-order chi connectivity index (χ0) is 19.0. The number of aryl methyl sites for hydroxylation is 1. The standard InChI is InChI=1S/C18H20F2N4O3/c1-11-21-16(27-23-11)15-9-24(10-18(15)2-4-26-5-3-18)17(25)22-14-7-12(19)6-13(20)8-14/h6-8,15H,2-5,9-10H2,1H3,(H,22,25)/t15-/m0/s1. The van der Waals surface area contributed by atoms with Crippen LogP contribution in [0.2, 0.25) is 0 Å². The van der Waals surface area contributed by atoms with Gasteiger partial charge in [-0.3, -0.25) is 0 Å². The number of nitrogens with zero attached hydrogens (tertiary/aromatic N) is 3. The first-order valence-electron chi connectivity index (χ1n) is 8.85. The van der Waals surface area contributed by atoms with Gasteiger partial charge in [-0.25, -0.2) is 13.6 Å². The molecule has 2 aliphatic rings. The molecule has 0 bridgehead atoms. The third-order valence-corrected chi connectivity index (χ3v) is 5.38. The van der Waals surface area contributed by atoms with Gasteiger partial charge in [0, 0.05) is 43.5 Å². The molecular weight excluding hydrogens is 358 g/mol. The average molecular weight is 378 g/mol. The fraction of sp³-hybridized carbons (Fsp3) is 0.500. The van der Waals surface area contributed by atoms with Crippen LogP contribution in [0.1, 0.15) is 30.5 Å². The lowest BCUT2D eigenvalue weighted by atomic mass is 9.72. The monoisotopic (exact) mass is 378 g/mol. The first-order valence-corrected chi connectivity index (χ1v) is 8.85. The van der Waals surface area contributed by atoms with Crippen LogP contribution in [-0.2, 0) is 4.74 Å². The Morgan fingerprint density at radius 1 is 1.26 bits per heavy atom.